The molecule has 0 spiro atoms. The topological polar surface area (TPSA) is 135 Å². The van der Waals surface area contributed by atoms with Crippen molar-refractivity contribution in [2.75, 3.05) is 0 Å². The van der Waals surface area contributed by atoms with Gasteiger partial charge in [-0.3, -0.25) is 3.07 Å². The number of hydrogen-bond donors (Lipinski definition) is 5. The average molecular weight is 350 g/mol. The van der Waals surface area contributed by atoms with Crippen molar-refractivity contribution in [2.45, 2.75) is 0 Å². The molecule has 7 nitrogen and oxygen atoms in total. The van der Waals surface area contributed by atoms with Gasteiger partial charge in [-0.1, -0.05) is 0 Å². The van der Waals surface area contributed by atoms with Crippen LogP contribution in [0, 0.1) is 3.57 Å². The molecule has 1 aromatic carbocycles. The standard InChI is InChI=1S/C6H5IO3.H3O4P/c8-4-1-2-5(7-10)6(9)3-4;1-5(2,3)4/h1-3,8-9H;(H3,1,2,3,4). The van der Waals surface area contributed by atoms with Crippen molar-refractivity contribution in [3.63, 3.8) is 0 Å². The van der Waals surface area contributed by atoms with Gasteiger partial charge in [0.05, 0.1) is 3.57 Å². The molecule has 0 aromatic heterocycles. The molecule has 0 saturated carbocycles. The van der Waals surface area contributed by atoms with Crippen molar-refractivity contribution in [3.8, 4) is 11.5 Å². The Balaban J connectivity index is 0.000000336. The monoisotopic (exact) mass is 350 g/mol. The van der Waals surface area contributed by atoms with Gasteiger partial charge < -0.3 is 24.9 Å². The molecule has 0 radical (unpaired) electrons. The maximum atomic E-state index is 10.3. The van der Waals surface area contributed by atoms with Crippen LogP contribution in [-0.4, -0.2) is 24.9 Å². The highest BCUT2D eigenvalue weighted by atomic mass is 127. The fourth-order valence-corrected chi connectivity index (χ4v) is 1.27. The minimum Gasteiger partial charge on any atom is -0.508 e. The number of phosphoric acid groups is 1. The van der Waals surface area contributed by atoms with Gasteiger partial charge in [0.25, 0.3) is 0 Å². The molecule has 9 heteroatoms. The van der Waals surface area contributed by atoms with Crippen molar-refractivity contribution in [2.24, 2.45) is 0 Å². The lowest BCUT2D eigenvalue weighted by molar-refractivity contribution is 0.275. The van der Waals surface area contributed by atoms with Gasteiger partial charge in [-0.25, -0.2) is 4.57 Å². The predicted molar refractivity (Wildman–Crippen MR) is 57.4 cm³/mol. The van der Waals surface area contributed by atoms with E-state index >= 15 is 0 Å². The molecule has 15 heavy (non-hydrogen) atoms. The molecule has 0 aliphatic heterocycles. The van der Waals surface area contributed by atoms with Gasteiger partial charge in [-0.2, -0.15) is 0 Å². The Morgan fingerprint density at radius 2 is 1.60 bits per heavy atom. The Kier molecular flexibility index (Phi) is 5.91. The normalized spacial score (nSPS) is 10.3. The molecular weight excluding hydrogens is 342 g/mol. The summed E-state index contributed by atoms with van der Waals surface area (Å²) in [6.07, 6.45) is 0. The first-order valence-corrected chi connectivity index (χ1v) is 6.84. The van der Waals surface area contributed by atoms with Gasteiger partial charge in [0, 0.05) is 6.07 Å². The van der Waals surface area contributed by atoms with E-state index in [2.05, 4.69) is 0 Å². The van der Waals surface area contributed by atoms with E-state index in [1.165, 1.54) is 18.2 Å². The number of aromatic hydroxyl groups is 2. The first-order chi connectivity index (χ1) is 6.74. The van der Waals surface area contributed by atoms with Crippen LogP contribution in [0.5, 0.6) is 11.5 Å². The van der Waals surface area contributed by atoms with Crippen LogP contribution in [0.1, 0.15) is 0 Å². The number of phenolic OH excluding ortho intramolecular Hbond substituents is 2. The van der Waals surface area contributed by atoms with Gasteiger partial charge in [0.15, 0.2) is 21.2 Å². The Hall–Kier alpha value is -0.540. The maximum absolute atomic E-state index is 10.3. The van der Waals surface area contributed by atoms with Crippen molar-refractivity contribution in [1.82, 2.24) is 0 Å². The third-order valence-corrected chi connectivity index (χ3v) is 2.40. The second kappa shape index (κ2) is 6.13. The third-order valence-electron chi connectivity index (χ3n) is 1.01. The summed E-state index contributed by atoms with van der Waals surface area (Å²) in [7, 11) is -4.64. The van der Waals surface area contributed by atoms with E-state index in [-0.39, 0.29) is 11.5 Å². The van der Waals surface area contributed by atoms with Crippen LogP contribution in [-0.2, 0) is 7.63 Å². The summed E-state index contributed by atoms with van der Waals surface area (Å²) in [4.78, 5) is 21.6. The van der Waals surface area contributed by atoms with E-state index in [0.717, 1.165) is 0 Å². The molecular formula is C6H8IO7P. The smallest absolute Gasteiger partial charge is 0.466 e. The summed E-state index contributed by atoms with van der Waals surface area (Å²) in [5.41, 5.74) is 0. The highest BCUT2D eigenvalue weighted by Crippen LogP contribution is 2.26. The van der Waals surface area contributed by atoms with E-state index in [9.17, 15) is 3.07 Å². The summed E-state index contributed by atoms with van der Waals surface area (Å²) in [5.74, 6) is -0.110. The molecule has 0 fully saturated rings. The van der Waals surface area contributed by atoms with Crippen molar-refractivity contribution >= 4 is 29.0 Å². The second-order valence-electron chi connectivity index (χ2n) is 2.23. The number of hydrogen-bond acceptors (Lipinski definition) is 4. The SMILES string of the molecule is O=Ic1ccc(O)cc1O.O=P(O)(O)O. The zero-order valence-electron chi connectivity index (χ0n) is 7.11. The Morgan fingerprint density at radius 1 is 1.13 bits per heavy atom. The molecule has 0 atom stereocenters. The summed E-state index contributed by atoms with van der Waals surface area (Å²) in [5, 5.41) is 17.7. The van der Waals surface area contributed by atoms with Crippen LogP contribution < -0.4 is 0 Å². The largest absolute Gasteiger partial charge is 0.508 e. The van der Waals surface area contributed by atoms with E-state index in [0.29, 0.717) is 3.57 Å². The van der Waals surface area contributed by atoms with E-state index < -0.39 is 29.0 Å². The molecule has 0 amide bonds. The minimum atomic E-state index is -4.64. The molecule has 1 aromatic rings. The van der Waals surface area contributed by atoms with Crippen LogP contribution in [0.25, 0.3) is 0 Å². The molecule has 0 unspecified atom stereocenters. The Morgan fingerprint density at radius 3 is 1.93 bits per heavy atom. The highest BCUT2D eigenvalue weighted by molar-refractivity contribution is 14.1. The van der Waals surface area contributed by atoms with Gasteiger partial charge in [0.2, 0.25) is 0 Å². The molecule has 1 rings (SSSR count). The summed E-state index contributed by atoms with van der Waals surface area (Å²) >= 11 is -1.34. The van der Waals surface area contributed by atoms with E-state index in [1.54, 1.807) is 0 Å². The van der Waals surface area contributed by atoms with Crippen LogP contribution >= 0.6 is 29.0 Å². The van der Waals surface area contributed by atoms with Gasteiger partial charge in [-0.15, -0.1) is 0 Å². The van der Waals surface area contributed by atoms with Gasteiger partial charge in [0.1, 0.15) is 11.5 Å². The average Bonchev–Trinajstić information content (AvgIpc) is 2.01. The van der Waals surface area contributed by atoms with Gasteiger partial charge in [-0.05, 0) is 12.1 Å². The molecule has 0 heterocycles. The molecule has 0 aliphatic carbocycles. The van der Waals surface area contributed by atoms with Crippen LogP contribution in [0.3, 0.4) is 0 Å². The summed E-state index contributed by atoms with van der Waals surface area (Å²) < 4.78 is 19.6. The lowest BCUT2D eigenvalue weighted by Gasteiger charge is -1.94. The van der Waals surface area contributed by atoms with Crippen molar-refractivity contribution < 1.29 is 32.5 Å². The van der Waals surface area contributed by atoms with Crippen molar-refractivity contribution in [3.05, 3.63) is 21.8 Å². The van der Waals surface area contributed by atoms with Crippen LogP contribution in [0.15, 0.2) is 18.2 Å². The lowest BCUT2D eigenvalue weighted by atomic mass is 10.3. The molecule has 5 N–H and O–H groups in total. The number of rotatable bonds is 1. The third kappa shape index (κ3) is 8.45. The number of phenols is 2. The predicted octanol–water partition coefficient (Wildman–Crippen LogP) is 0.655. The number of benzene rings is 1. The lowest BCUT2D eigenvalue weighted by Crippen LogP contribution is -1.71. The summed E-state index contributed by atoms with van der Waals surface area (Å²) in [6.45, 7) is 0. The van der Waals surface area contributed by atoms with Gasteiger partial charge >= 0.3 is 7.82 Å². The Bertz CT molecular complexity index is 379. The van der Waals surface area contributed by atoms with Crippen molar-refractivity contribution in [1.29, 1.82) is 0 Å². The van der Waals surface area contributed by atoms with Crippen LogP contribution in [0.4, 0.5) is 0 Å². The molecule has 86 valence electrons. The summed E-state index contributed by atoms with van der Waals surface area (Å²) in [6, 6.07) is 4.02. The first kappa shape index (κ1) is 14.5. The first-order valence-electron chi connectivity index (χ1n) is 3.31. The fourth-order valence-electron chi connectivity index (χ4n) is 0.566. The zero-order chi connectivity index (χ0) is 12.1. The quantitative estimate of drug-likeness (QED) is 0.371. The molecule has 0 saturated heterocycles. The maximum Gasteiger partial charge on any atom is 0.466 e. The Labute approximate surface area is 94.9 Å². The van der Waals surface area contributed by atoms with E-state index in [4.69, 9.17) is 29.5 Å². The number of halogens is 1. The molecule has 0 bridgehead atoms. The van der Waals surface area contributed by atoms with E-state index in [1.807, 2.05) is 0 Å². The second-order valence-corrected chi connectivity index (χ2v) is 4.86. The molecule has 0 aliphatic rings. The highest BCUT2D eigenvalue weighted by Gasteiger charge is 2.00. The minimum absolute atomic E-state index is 0.0151. The fraction of sp³-hybridized carbons (Fsp3) is 0. The zero-order valence-corrected chi connectivity index (χ0v) is 10.2. The van der Waals surface area contributed by atoms with Crippen LogP contribution in [0.2, 0.25) is 0 Å².